The quantitative estimate of drug-likeness (QED) is 0.487. The summed E-state index contributed by atoms with van der Waals surface area (Å²) in [6.45, 7) is 1.49. The van der Waals surface area contributed by atoms with Gasteiger partial charge in [-0.15, -0.1) is 0 Å². The van der Waals surface area contributed by atoms with Gasteiger partial charge >= 0.3 is 6.18 Å². The Labute approximate surface area is 206 Å². The molecule has 0 spiro atoms. The number of thioether (sulfide) groups is 1. The normalized spacial score (nSPS) is 21.9. The highest BCUT2D eigenvalue weighted by Crippen LogP contribution is 2.46. The summed E-state index contributed by atoms with van der Waals surface area (Å²) in [5, 5.41) is 4.84. The van der Waals surface area contributed by atoms with Crippen molar-refractivity contribution in [2.24, 2.45) is 10.7 Å². The first kappa shape index (κ1) is 27.1. The van der Waals surface area contributed by atoms with Crippen molar-refractivity contribution in [2.75, 3.05) is 19.0 Å². The van der Waals surface area contributed by atoms with Crippen molar-refractivity contribution in [3.8, 4) is 5.88 Å². The molecule has 0 saturated carbocycles. The third-order valence-corrected chi connectivity index (χ3v) is 6.27. The Kier molecular flexibility index (Phi) is 7.43. The van der Waals surface area contributed by atoms with Crippen LogP contribution < -0.4 is 21.1 Å². The molecular weight excluding hydrogens is 511 g/mol. The molecule has 2 atom stereocenters. The van der Waals surface area contributed by atoms with Gasteiger partial charge in [-0.25, -0.2) is 18.7 Å². The second-order valence-corrected chi connectivity index (χ2v) is 9.75. The van der Waals surface area contributed by atoms with Gasteiger partial charge < -0.3 is 21.1 Å². The van der Waals surface area contributed by atoms with Crippen LogP contribution in [0.4, 0.5) is 27.6 Å². The number of alkyl halides is 3. The van der Waals surface area contributed by atoms with Crippen molar-refractivity contribution in [1.82, 2.24) is 15.3 Å². The number of halogens is 5. The van der Waals surface area contributed by atoms with E-state index in [1.807, 2.05) is 0 Å². The number of ether oxygens (including phenoxy) is 1. The topological polar surface area (TPSA) is 132 Å². The number of amidine groups is 1. The van der Waals surface area contributed by atoms with E-state index in [4.69, 9.17) is 5.73 Å². The van der Waals surface area contributed by atoms with E-state index in [0.29, 0.717) is 0 Å². The van der Waals surface area contributed by atoms with Gasteiger partial charge in [0.05, 0.1) is 17.9 Å². The number of amides is 2. The average molecular weight is 532 g/mol. The molecule has 0 radical (unpaired) electrons. The lowest BCUT2D eigenvalue weighted by Crippen LogP contribution is -2.49. The largest absolute Gasteiger partial charge is 0.467 e. The van der Waals surface area contributed by atoms with Crippen LogP contribution in [-0.4, -0.2) is 51.5 Å². The number of aromatic nitrogens is 2. The number of benzene rings is 1. The maximum Gasteiger partial charge on any atom is 0.422 e. The minimum atomic E-state index is -4.58. The molecule has 3 rings (SSSR count). The van der Waals surface area contributed by atoms with E-state index < -0.39 is 46.5 Å². The van der Waals surface area contributed by atoms with Gasteiger partial charge in [0.15, 0.2) is 23.4 Å². The molecule has 9 nitrogen and oxygen atoms in total. The number of anilines is 1. The molecule has 1 aliphatic rings. The van der Waals surface area contributed by atoms with Gasteiger partial charge in [-0.05, 0) is 19.9 Å². The molecule has 4 N–H and O–H groups in total. The van der Waals surface area contributed by atoms with Crippen molar-refractivity contribution in [1.29, 1.82) is 0 Å². The summed E-state index contributed by atoms with van der Waals surface area (Å²) in [7, 11) is 1.43. The number of carbonyl (C=O) groups excluding carboxylic acids is 2. The fourth-order valence-electron chi connectivity index (χ4n) is 3.69. The van der Waals surface area contributed by atoms with Crippen LogP contribution in [0.2, 0.25) is 0 Å². The highest BCUT2D eigenvalue weighted by atomic mass is 32.2. The van der Waals surface area contributed by atoms with Crippen LogP contribution in [-0.2, 0) is 10.3 Å². The molecule has 0 fully saturated rings. The fraction of sp³-hybridized carbons (Fsp3) is 0.381. The average Bonchev–Trinajstić information content (AvgIpc) is 2.78. The minimum Gasteiger partial charge on any atom is -0.467 e. The second-order valence-electron chi connectivity index (χ2n) is 8.23. The van der Waals surface area contributed by atoms with E-state index in [0.717, 1.165) is 36.3 Å². The second kappa shape index (κ2) is 9.87. The maximum absolute atomic E-state index is 14.9. The molecule has 194 valence electrons. The van der Waals surface area contributed by atoms with Gasteiger partial charge in [-0.3, -0.25) is 14.6 Å². The van der Waals surface area contributed by atoms with Crippen LogP contribution in [0.5, 0.6) is 5.88 Å². The van der Waals surface area contributed by atoms with Crippen LogP contribution in [0.1, 0.15) is 36.3 Å². The van der Waals surface area contributed by atoms with Crippen LogP contribution in [0.15, 0.2) is 29.5 Å². The summed E-state index contributed by atoms with van der Waals surface area (Å²) in [6, 6.07) is 1.89. The molecule has 2 amide bonds. The first-order valence-electron chi connectivity index (χ1n) is 10.2. The van der Waals surface area contributed by atoms with Crippen molar-refractivity contribution >= 4 is 34.4 Å². The number of carbonyl (C=O) groups is 2. The first-order chi connectivity index (χ1) is 16.7. The third kappa shape index (κ3) is 6.01. The summed E-state index contributed by atoms with van der Waals surface area (Å²) >= 11 is 0.988. The van der Waals surface area contributed by atoms with Gasteiger partial charge in [-0.2, -0.15) is 13.2 Å². The molecule has 0 unspecified atom stereocenters. The smallest absolute Gasteiger partial charge is 0.422 e. The van der Waals surface area contributed by atoms with Crippen molar-refractivity contribution < 1.29 is 36.3 Å². The van der Waals surface area contributed by atoms with E-state index >= 15 is 0 Å². The number of aliphatic imine (C=N–C) groups is 1. The molecule has 1 aromatic carbocycles. The molecule has 1 aromatic heterocycles. The monoisotopic (exact) mass is 532 g/mol. The third-order valence-electron chi connectivity index (χ3n) is 5.19. The Bertz CT molecular complexity index is 1210. The predicted molar refractivity (Wildman–Crippen MR) is 122 cm³/mol. The number of nitrogens with two attached hydrogens (primary N) is 1. The SMILES string of the molecule is CNC(=O)[C@@]1(C)C[C@@](C)(c2cc(NC(=O)c3cnc(OCC(F)(F)F)cn3)cc(F)c2F)N=C(N)S1. The predicted octanol–water partition coefficient (Wildman–Crippen LogP) is 3.12. The van der Waals surface area contributed by atoms with Crippen LogP contribution in [0.25, 0.3) is 0 Å². The summed E-state index contributed by atoms with van der Waals surface area (Å²) < 4.78 is 69.5. The Morgan fingerprint density at radius 3 is 2.47 bits per heavy atom. The van der Waals surface area contributed by atoms with Crippen LogP contribution >= 0.6 is 11.8 Å². The molecule has 0 aliphatic carbocycles. The molecule has 2 aromatic rings. The van der Waals surface area contributed by atoms with Gasteiger partial charge in [0.25, 0.3) is 5.91 Å². The van der Waals surface area contributed by atoms with Gasteiger partial charge in [-0.1, -0.05) is 11.8 Å². The molecule has 2 heterocycles. The molecule has 1 aliphatic heterocycles. The lowest BCUT2D eigenvalue weighted by Gasteiger charge is -2.40. The van der Waals surface area contributed by atoms with Crippen LogP contribution in [0.3, 0.4) is 0 Å². The van der Waals surface area contributed by atoms with E-state index in [2.05, 4.69) is 30.3 Å². The Hall–Kier alpha value is -3.49. The molecule has 36 heavy (non-hydrogen) atoms. The molecule has 15 heteroatoms. The fourth-order valence-corrected chi connectivity index (χ4v) is 4.94. The lowest BCUT2D eigenvalue weighted by molar-refractivity contribution is -0.154. The summed E-state index contributed by atoms with van der Waals surface area (Å²) in [5.74, 6) is -4.27. The van der Waals surface area contributed by atoms with Crippen molar-refractivity contribution in [3.63, 3.8) is 0 Å². The molecular formula is C21H21F5N6O3S. The zero-order valence-electron chi connectivity index (χ0n) is 19.2. The van der Waals surface area contributed by atoms with E-state index in [1.165, 1.54) is 14.0 Å². The first-order valence-corrected chi connectivity index (χ1v) is 11.1. The van der Waals surface area contributed by atoms with Crippen LogP contribution in [0, 0.1) is 11.6 Å². The minimum absolute atomic E-state index is 0.00722. The van der Waals surface area contributed by atoms with E-state index in [1.54, 1.807) is 6.92 Å². The Morgan fingerprint density at radius 1 is 1.19 bits per heavy atom. The number of nitrogens with zero attached hydrogens (tertiary/aromatic N) is 3. The summed E-state index contributed by atoms with van der Waals surface area (Å²) in [5.41, 5.74) is 3.72. The Balaban J connectivity index is 1.87. The summed E-state index contributed by atoms with van der Waals surface area (Å²) in [4.78, 5) is 36.5. The van der Waals surface area contributed by atoms with Gasteiger partial charge in [0, 0.05) is 30.8 Å². The highest BCUT2D eigenvalue weighted by molar-refractivity contribution is 8.15. The zero-order valence-corrected chi connectivity index (χ0v) is 20.0. The number of nitrogens with one attached hydrogen (secondary N) is 2. The maximum atomic E-state index is 14.9. The number of hydrogen-bond acceptors (Lipinski definition) is 8. The van der Waals surface area contributed by atoms with Gasteiger partial charge in [0.2, 0.25) is 11.8 Å². The number of rotatable bonds is 6. The summed E-state index contributed by atoms with van der Waals surface area (Å²) in [6.07, 6.45) is -2.94. The van der Waals surface area contributed by atoms with Gasteiger partial charge in [0.1, 0.15) is 10.4 Å². The van der Waals surface area contributed by atoms with Crippen molar-refractivity contribution in [3.05, 3.63) is 47.4 Å². The molecule has 0 bridgehead atoms. The van der Waals surface area contributed by atoms with E-state index in [9.17, 15) is 31.5 Å². The molecule has 0 saturated heterocycles. The number of hydrogen-bond donors (Lipinski definition) is 3. The Morgan fingerprint density at radius 2 is 1.89 bits per heavy atom. The zero-order chi connectivity index (χ0) is 26.9. The lowest BCUT2D eigenvalue weighted by atomic mass is 9.82. The van der Waals surface area contributed by atoms with Crippen molar-refractivity contribution in [2.45, 2.75) is 36.7 Å². The van der Waals surface area contributed by atoms with E-state index in [-0.39, 0.29) is 34.4 Å². The standard InChI is InChI=1S/C21H21F5N6O3S/c1-19(8-20(2,17(34)28-3)36-18(27)32-19)11-4-10(5-12(22)15(11)23)31-16(33)13-6-30-14(7-29-13)35-9-21(24,25)26/h4-7H,8-9H2,1-3H3,(H2,27,32)(H,28,34)(H,31,33)/t19-,20+/m0/s1. The highest BCUT2D eigenvalue weighted by Gasteiger charge is 2.47.